The van der Waals surface area contributed by atoms with Gasteiger partial charge in [0.05, 0.1) is 23.9 Å². The number of aromatic nitrogens is 2. The van der Waals surface area contributed by atoms with Gasteiger partial charge in [-0.15, -0.1) is 0 Å². The molecule has 2 fully saturated rings. The van der Waals surface area contributed by atoms with Crippen molar-refractivity contribution in [1.29, 1.82) is 0 Å². The van der Waals surface area contributed by atoms with Crippen LogP contribution < -0.4 is 10.6 Å². The van der Waals surface area contributed by atoms with Crippen LogP contribution in [0.5, 0.6) is 0 Å². The minimum atomic E-state index is -0.213. The first-order valence-electron chi connectivity index (χ1n) is 9.54. The fourth-order valence-electron chi connectivity index (χ4n) is 4.31. The molecule has 1 aliphatic carbocycles. The molecule has 0 aromatic carbocycles. The number of carbonyl (C=O) groups is 2. The van der Waals surface area contributed by atoms with Crippen LogP contribution in [0.3, 0.4) is 0 Å². The minimum absolute atomic E-state index is 0.0184. The predicted octanol–water partition coefficient (Wildman–Crippen LogP) is 0.784. The summed E-state index contributed by atoms with van der Waals surface area (Å²) in [6.45, 7) is 3.78. The van der Waals surface area contributed by atoms with Crippen molar-refractivity contribution in [2.24, 2.45) is 5.92 Å². The summed E-state index contributed by atoms with van der Waals surface area (Å²) in [5.41, 5.74) is 2.06. The number of likely N-dealkylation sites (tertiary alicyclic amines) is 1. The lowest BCUT2D eigenvalue weighted by Crippen LogP contribution is -2.36. The Morgan fingerprint density at radius 1 is 1.32 bits per heavy atom. The standard InChI is InChI=1S/C18H27N5O2/c24-17-8-13(12-22(17)15-4-1-2-5-15)18(25)20-10-14-9-16-11-19-6-3-7-23(16)21-14/h9,13,15,19H,1-8,10-12H2,(H,20,25). The van der Waals surface area contributed by atoms with Gasteiger partial charge < -0.3 is 15.5 Å². The molecule has 1 saturated carbocycles. The van der Waals surface area contributed by atoms with Crippen molar-refractivity contribution in [2.75, 3.05) is 13.1 Å². The van der Waals surface area contributed by atoms with Gasteiger partial charge in [-0.25, -0.2) is 0 Å². The van der Waals surface area contributed by atoms with Crippen LogP contribution in [-0.4, -0.2) is 45.6 Å². The van der Waals surface area contributed by atoms with Crippen LogP contribution in [0.1, 0.15) is 49.9 Å². The van der Waals surface area contributed by atoms with Crippen molar-refractivity contribution in [3.63, 3.8) is 0 Å². The molecule has 1 aromatic heterocycles. The summed E-state index contributed by atoms with van der Waals surface area (Å²) in [4.78, 5) is 26.7. The van der Waals surface area contributed by atoms with Crippen molar-refractivity contribution in [2.45, 2.75) is 64.2 Å². The van der Waals surface area contributed by atoms with E-state index in [0.717, 1.165) is 44.6 Å². The summed E-state index contributed by atoms with van der Waals surface area (Å²) in [5, 5.41) is 10.9. The second-order valence-corrected chi connectivity index (χ2v) is 7.48. The molecule has 0 radical (unpaired) electrons. The van der Waals surface area contributed by atoms with Gasteiger partial charge in [-0.1, -0.05) is 12.8 Å². The van der Waals surface area contributed by atoms with Crippen molar-refractivity contribution in [3.05, 3.63) is 17.5 Å². The predicted molar refractivity (Wildman–Crippen MR) is 92.5 cm³/mol. The van der Waals surface area contributed by atoms with Crippen LogP contribution in [0.2, 0.25) is 0 Å². The Labute approximate surface area is 148 Å². The Hall–Kier alpha value is -1.89. The van der Waals surface area contributed by atoms with Gasteiger partial charge in [-0.2, -0.15) is 5.10 Å². The monoisotopic (exact) mass is 345 g/mol. The molecule has 136 valence electrons. The fourth-order valence-corrected chi connectivity index (χ4v) is 4.31. The first kappa shape index (κ1) is 16.6. The molecule has 0 bridgehead atoms. The Kier molecular flexibility index (Phi) is 4.74. The number of nitrogens with one attached hydrogen (secondary N) is 2. The summed E-state index contributed by atoms with van der Waals surface area (Å²) in [7, 11) is 0. The number of aryl methyl sites for hydroxylation is 1. The van der Waals surface area contributed by atoms with E-state index in [9.17, 15) is 9.59 Å². The summed E-state index contributed by atoms with van der Waals surface area (Å²) in [6.07, 6.45) is 6.01. The van der Waals surface area contributed by atoms with Gasteiger partial charge in [0.25, 0.3) is 0 Å². The van der Waals surface area contributed by atoms with Crippen LogP contribution in [0.4, 0.5) is 0 Å². The molecule has 3 heterocycles. The molecule has 1 unspecified atom stereocenters. The number of hydrogen-bond acceptors (Lipinski definition) is 4. The molecule has 1 atom stereocenters. The van der Waals surface area contributed by atoms with Gasteiger partial charge in [-0.05, 0) is 31.9 Å². The number of rotatable bonds is 4. The van der Waals surface area contributed by atoms with Crippen LogP contribution in [0, 0.1) is 5.92 Å². The number of amides is 2. The fraction of sp³-hybridized carbons (Fsp3) is 0.722. The van der Waals surface area contributed by atoms with E-state index in [1.54, 1.807) is 0 Å². The molecule has 2 amide bonds. The molecule has 0 spiro atoms. The number of hydrogen-bond donors (Lipinski definition) is 2. The van der Waals surface area contributed by atoms with E-state index in [1.807, 2.05) is 9.58 Å². The molecule has 3 aliphatic rings. The lowest BCUT2D eigenvalue weighted by molar-refractivity contribution is -0.130. The average Bonchev–Trinajstić information content (AvgIpc) is 3.31. The first-order valence-corrected chi connectivity index (χ1v) is 9.54. The molecule has 4 rings (SSSR count). The van der Waals surface area contributed by atoms with Crippen molar-refractivity contribution >= 4 is 11.8 Å². The Morgan fingerprint density at radius 2 is 2.16 bits per heavy atom. The van der Waals surface area contributed by atoms with E-state index in [0.29, 0.717) is 25.6 Å². The molecule has 7 heteroatoms. The molecular weight excluding hydrogens is 318 g/mol. The van der Waals surface area contributed by atoms with Crippen LogP contribution in [0.25, 0.3) is 0 Å². The zero-order valence-corrected chi connectivity index (χ0v) is 14.7. The molecule has 1 aromatic rings. The second-order valence-electron chi connectivity index (χ2n) is 7.48. The molecule has 1 saturated heterocycles. The van der Waals surface area contributed by atoms with Crippen molar-refractivity contribution in [3.8, 4) is 0 Å². The molecular formula is C18H27N5O2. The smallest absolute Gasteiger partial charge is 0.225 e. The SMILES string of the molecule is O=C(NCc1cc2n(n1)CCCNC2)C1CC(=O)N(C2CCCC2)C1. The zero-order chi connectivity index (χ0) is 17.2. The van der Waals surface area contributed by atoms with E-state index in [1.165, 1.54) is 18.5 Å². The van der Waals surface area contributed by atoms with Crippen LogP contribution in [0.15, 0.2) is 6.07 Å². The number of fused-ring (bicyclic) bond motifs is 1. The van der Waals surface area contributed by atoms with Crippen LogP contribution >= 0.6 is 0 Å². The highest BCUT2D eigenvalue weighted by atomic mass is 16.2. The van der Waals surface area contributed by atoms with E-state index in [-0.39, 0.29) is 17.7 Å². The van der Waals surface area contributed by atoms with E-state index < -0.39 is 0 Å². The van der Waals surface area contributed by atoms with E-state index in [4.69, 9.17) is 0 Å². The van der Waals surface area contributed by atoms with Crippen molar-refractivity contribution in [1.82, 2.24) is 25.3 Å². The topological polar surface area (TPSA) is 79.3 Å². The summed E-state index contributed by atoms with van der Waals surface area (Å²) in [6, 6.07) is 2.42. The Balaban J connectivity index is 1.31. The summed E-state index contributed by atoms with van der Waals surface area (Å²) in [5.74, 6) is -0.0859. The highest BCUT2D eigenvalue weighted by Gasteiger charge is 2.38. The summed E-state index contributed by atoms with van der Waals surface area (Å²) >= 11 is 0. The van der Waals surface area contributed by atoms with Gasteiger partial charge in [-0.3, -0.25) is 14.3 Å². The highest BCUT2D eigenvalue weighted by Crippen LogP contribution is 2.29. The van der Waals surface area contributed by atoms with Crippen molar-refractivity contribution < 1.29 is 9.59 Å². The number of carbonyl (C=O) groups excluding carboxylic acids is 2. The maximum absolute atomic E-state index is 12.5. The molecule has 7 nitrogen and oxygen atoms in total. The Morgan fingerprint density at radius 3 is 3.00 bits per heavy atom. The third kappa shape index (κ3) is 3.56. The molecule has 2 N–H and O–H groups in total. The zero-order valence-electron chi connectivity index (χ0n) is 14.7. The van der Waals surface area contributed by atoms with E-state index >= 15 is 0 Å². The van der Waals surface area contributed by atoms with Gasteiger partial charge in [0.2, 0.25) is 11.8 Å². The molecule has 2 aliphatic heterocycles. The quantitative estimate of drug-likeness (QED) is 0.845. The normalized spacial score (nSPS) is 24.4. The minimum Gasteiger partial charge on any atom is -0.350 e. The largest absolute Gasteiger partial charge is 0.350 e. The second kappa shape index (κ2) is 7.15. The van der Waals surface area contributed by atoms with E-state index in [2.05, 4.69) is 21.8 Å². The number of nitrogens with zero attached hydrogens (tertiary/aromatic N) is 3. The van der Waals surface area contributed by atoms with Gasteiger partial charge in [0, 0.05) is 32.1 Å². The highest BCUT2D eigenvalue weighted by molar-refractivity contribution is 5.89. The molecule has 25 heavy (non-hydrogen) atoms. The van der Waals surface area contributed by atoms with Gasteiger partial charge >= 0.3 is 0 Å². The van der Waals surface area contributed by atoms with Gasteiger partial charge in [0.1, 0.15) is 0 Å². The third-order valence-electron chi connectivity index (χ3n) is 5.68. The lowest BCUT2D eigenvalue weighted by atomic mass is 10.1. The maximum Gasteiger partial charge on any atom is 0.225 e. The maximum atomic E-state index is 12.5. The average molecular weight is 345 g/mol. The third-order valence-corrected chi connectivity index (χ3v) is 5.68. The summed E-state index contributed by atoms with van der Waals surface area (Å²) < 4.78 is 2.03. The first-order chi connectivity index (χ1) is 12.2. The van der Waals surface area contributed by atoms with Crippen LogP contribution in [-0.2, 0) is 29.2 Å². The Bertz CT molecular complexity index is 626. The lowest BCUT2D eigenvalue weighted by Gasteiger charge is -2.23. The van der Waals surface area contributed by atoms with Gasteiger partial charge in [0.15, 0.2) is 0 Å².